The zero-order chi connectivity index (χ0) is 29.0. The molecule has 2 heterocycles. The first-order valence-electron chi connectivity index (χ1n) is 13.4. The average Bonchev–Trinajstić information content (AvgIpc) is 2.75. The van der Waals surface area contributed by atoms with Crippen LogP contribution >= 0.6 is 24.0 Å². The molecule has 1 aliphatic carbocycles. The number of methoxy groups -OCH3 is 1. The maximum Gasteiger partial charge on any atom is 0.200 e. The van der Waals surface area contributed by atoms with Gasteiger partial charge in [-0.05, 0) is 51.2 Å². The second-order valence-electron chi connectivity index (χ2n) is 14.8. The number of hydrogen-bond donors (Lipinski definition) is 0. The van der Waals surface area contributed by atoms with E-state index in [1.165, 1.54) is 4.91 Å². The summed E-state index contributed by atoms with van der Waals surface area (Å²) in [6.07, 6.45) is 10.1. The summed E-state index contributed by atoms with van der Waals surface area (Å²) in [5.41, 5.74) is 2.85. The second kappa shape index (κ2) is 10.3. The predicted octanol–water partition coefficient (Wildman–Crippen LogP) is 9.09. The molecule has 208 valence electrons. The Bertz CT molecular complexity index is 1210. The van der Waals surface area contributed by atoms with Crippen LogP contribution in [0.1, 0.15) is 83.1 Å². The van der Waals surface area contributed by atoms with Gasteiger partial charge in [-0.2, -0.15) is 0 Å². The molecular formula is C33H46O3S2. The normalized spacial score (nSPS) is 25.7. The Hall–Kier alpha value is -1.85. The molecule has 0 bridgehead atoms. The molecule has 3 rings (SSSR count). The lowest BCUT2D eigenvalue weighted by molar-refractivity contribution is -0.113. The Labute approximate surface area is 240 Å². The van der Waals surface area contributed by atoms with Crippen molar-refractivity contribution in [1.29, 1.82) is 0 Å². The highest BCUT2D eigenvalue weighted by atomic mass is 32.2. The highest BCUT2D eigenvalue weighted by Crippen LogP contribution is 2.47. The van der Waals surface area contributed by atoms with Crippen LogP contribution in [0.4, 0.5) is 0 Å². The molecular weight excluding hydrogens is 508 g/mol. The van der Waals surface area contributed by atoms with E-state index in [-0.39, 0.29) is 33.5 Å². The summed E-state index contributed by atoms with van der Waals surface area (Å²) >= 11 is 7.81. The Morgan fingerprint density at radius 3 is 1.97 bits per heavy atom. The van der Waals surface area contributed by atoms with Crippen molar-refractivity contribution in [1.82, 2.24) is 0 Å². The Balaban J connectivity index is 2.09. The summed E-state index contributed by atoms with van der Waals surface area (Å²) in [4.78, 5) is 15.5. The third-order valence-corrected chi connectivity index (χ3v) is 9.39. The van der Waals surface area contributed by atoms with Gasteiger partial charge in [-0.25, -0.2) is 0 Å². The molecule has 0 saturated carbocycles. The van der Waals surface area contributed by atoms with Crippen LogP contribution in [0.2, 0.25) is 0 Å². The van der Waals surface area contributed by atoms with Gasteiger partial charge < -0.3 is 9.47 Å². The van der Waals surface area contributed by atoms with Crippen molar-refractivity contribution in [3.05, 3.63) is 69.1 Å². The van der Waals surface area contributed by atoms with Gasteiger partial charge in [0, 0.05) is 16.1 Å². The zero-order valence-corrected chi connectivity index (χ0v) is 27.2. The molecule has 0 amide bonds. The van der Waals surface area contributed by atoms with Crippen molar-refractivity contribution in [3.8, 4) is 0 Å². The predicted molar refractivity (Wildman–Crippen MR) is 166 cm³/mol. The number of ether oxygens (including phenoxy) is 2. The van der Waals surface area contributed by atoms with Crippen molar-refractivity contribution < 1.29 is 14.3 Å². The number of thiocarbonyl (C=S) groups is 1. The third kappa shape index (κ3) is 6.47. The molecule has 2 aliphatic heterocycles. The minimum atomic E-state index is -0.250. The monoisotopic (exact) mass is 554 g/mol. The number of carbonyl (C=O) groups excluding carboxylic acids is 1. The molecule has 0 aromatic heterocycles. The SMILES string of the molecule is COC1=C(/C=C2/C=C(C(C)(C)C)OC(C(C)(C)C)C2=S)C(=O)/C1=C/C1=CC(C(C)(C)C)SC(C(C)(C)C)=C1. The number of hydrogen-bond acceptors (Lipinski definition) is 5. The Kier molecular flexibility index (Phi) is 8.30. The van der Waals surface area contributed by atoms with Gasteiger partial charge >= 0.3 is 0 Å². The lowest BCUT2D eigenvalue weighted by Crippen LogP contribution is -2.40. The van der Waals surface area contributed by atoms with E-state index in [0.29, 0.717) is 22.2 Å². The van der Waals surface area contributed by atoms with Gasteiger partial charge in [0.05, 0.1) is 23.1 Å². The second-order valence-corrected chi connectivity index (χ2v) is 16.4. The topological polar surface area (TPSA) is 35.5 Å². The quantitative estimate of drug-likeness (QED) is 0.257. The van der Waals surface area contributed by atoms with E-state index >= 15 is 0 Å². The third-order valence-electron chi connectivity index (χ3n) is 6.86. The molecule has 2 unspecified atom stereocenters. The van der Waals surface area contributed by atoms with Crippen LogP contribution in [0.15, 0.2) is 69.1 Å². The van der Waals surface area contributed by atoms with Gasteiger partial charge in [0.2, 0.25) is 5.78 Å². The summed E-state index contributed by atoms with van der Waals surface area (Å²) in [5.74, 6) is 1.48. The highest BCUT2D eigenvalue weighted by molar-refractivity contribution is 8.04. The summed E-state index contributed by atoms with van der Waals surface area (Å²) in [7, 11) is 1.63. The van der Waals surface area contributed by atoms with Gasteiger partial charge in [0.1, 0.15) is 17.6 Å². The van der Waals surface area contributed by atoms with E-state index in [1.54, 1.807) is 7.11 Å². The molecule has 0 N–H and O–H groups in total. The fourth-order valence-corrected chi connectivity index (χ4v) is 6.31. The van der Waals surface area contributed by atoms with Crippen LogP contribution in [-0.2, 0) is 14.3 Å². The van der Waals surface area contributed by atoms with Crippen LogP contribution < -0.4 is 0 Å². The van der Waals surface area contributed by atoms with E-state index in [4.69, 9.17) is 21.7 Å². The van der Waals surface area contributed by atoms with E-state index in [0.717, 1.165) is 21.8 Å². The minimum absolute atomic E-state index is 0.0150. The molecule has 0 spiro atoms. The number of thioether (sulfide) groups is 1. The van der Waals surface area contributed by atoms with Gasteiger partial charge in [0.25, 0.3) is 0 Å². The first kappa shape index (κ1) is 30.7. The first-order chi connectivity index (χ1) is 17.1. The number of ketones is 1. The van der Waals surface area contributed by atoms with Gasteiger partial charge in [-0.1, -0.05) is 101 Å². The maximum absolute atomic E-state index is 13.5. The summed E-state index contributed by atoms with van der Waals surface area (Å²) < 4.78 is 12.2. The molecule has 0 saturated heterocycles. The molecule has 5 heteroatoms. The van der Waals surface area contributed by atoms with E-state index in [2.05, 4.69) is 95.2 Å². The minimum Gasteiger partial charge on any atom is -0.495 e. The van der Waals surface area contributed by atoms with Crippen molar-refractivity contribution in [3.63, 3.8) is 0 Å². The molecule has 0 aromatic carbocycles. The lowest BCUT2D eigenvalue weighted by Gasteiger charge is -2.39. The fourth-order valence-electron chi connectivity index (χ4n) is 4.38. The van der Waals surface area contributed by atoms with Crippen LogP contribution in [0.5, 0.6) is 0 Å². The van der Waals surface area contributed by atoms with Crippen molar-refractivity contribution in [2.24, 2.45) is 21.7 Å². The van der Waals surface area contributed by atoms with Crippen LogP contribution in [-0.4, -0.2) is 29.1 Å². The van der Waals surface area contributed by atoms with Crippen LogP contribution in [0, 0.1) is 21.7 Å². The Morgan fingerprint density at radius 1 is 0.895 bits per heavy atom. The van der Waals surface area contributed by atoms with E-state index in [1.807, 2.05) is 30.0 Å². The van der Waals surface area contributed by atoms with Crippen molar-refractivity contribution >= 4 is 34.6 Å². The summed E-state index contributed by atoms with van der Waals surface area (Å²) in [6, 6.07) is 0. The van der Waals surface area contributed by atoms with Crippen LogP contribution in [0.25, 0.3) is 0 Å². The van der Waals surface area contributed by atoms with Gasteiger partial charge in [-0.15, -0.1) is 11.8 Å². The molecule has 3 aliphatic rings. The van der Waals surface area contributed by atoms with Gasteiger partial charge in [0.15, 0.2) is 0 Å². The average molecular weight is 555 g/mol. The van der Waals surface area contributed by atoms with Crippen molar-refractivity contribution in [2.75, 3.05) is 7.11 Å². The molecule has 3 nitrogen and oxygen atoms in total. The van der Waals surface area contributed by atoms with E-state index in [9.17, 15) is 4.79 Å². The summed E-state index contributed by atoms with van der Waals surface area (Å²) in [5, 5.41) is 0.315. The van der Waals surface area contributed by atoms with Crippen molar-refractivity contribution in [2.45, 2.75) is 94.4 Å². The molecule has 0 aromatic rings. The van der Waals surface area contributed by atoms with Crippen LogP contribution in [0.3, 0.4) is 0 Å². The Morgan fingerprint density at radius 2 is 1.50 bits per heavy atom. The lowest BCUT2D eigenvalue weighted by atomic mass is 9.79. The fraction of sp³-hybridized carbons (Fsp3) is 0.576. The standard InChI is InChI=1S/C33H46O3S2/c1-30(2,3)23-18-20(28(37)29(36-23)33(10,11)12)17-22-26(34)21(27(22)35-13)14-19-15-24(31(4,5)6)38-25(16-19)32(7,8)9/h14-18,24,29H,1-13H3/b20-17-,21-14-. The molecule has 38 heavy (non-hydrogen) atoms. The number of Topliss-reactive ketones (excluding diaryl/α,β-unsaturated/α-hetero) is 1. The zero-order valence-electron chi connectivity index (χ0n) is 25.6. The number of rotatable bonds is 3. The van der Waals surface area contributed by atoms with Gasteiger partial charge in [-0.3, -0.25) is 4.79 Å². The largest absolute Gasteiger partial charge is 0.495 e. The van der Waals surface area contributed by atoms with E-state index < -0.39 is 0 Å². The smallest absolute Gasteiger partial charge is 0.200 e. The number of allylic oxidation sites excluding steroid dienone is 9. The molecule has 0 radical (unpaired) electrons. The summed E-state index contributed by atoms with van der Waals surface area (Å²) in [6.45, 7) is 26.3. The highest BCUT2D eigenvalue weighted by Gasteiger charge is 2.40. The number of carbonyl (C=O) groups is 1. The first-order valence-corrected chi connectivity index (χ1v) is 14.7. The maximum atomic E-state index is 13.5. The molecule has 0 fully saturated rings. The molecule has 2 atom stereocenters.